The standard InChI is InChI=1S/C15H16Cl2O/c16-13-2-1-3-14(17)12(13)8-15(18)11-7-9-4-5-10(11)6-9/h1-3,9-11H,4-8H2. The monoisotopic (exact) mass is 282 g/mol. The van der Waals surface area contributed by atoms with E-state index in [0.29, 0.717) is 28.2 Å². The van der Waals surface area contributed by atoms with E-state index in [1.54, 1.807) is 12.1 Å². The first-order valence-corrected chi connectivity index (χ1v) is 7.36. The molecule has 2 aliphatic carbocycles. The fraction of sp³-hybridized carbons (Fsp3) is 0.533. The summed E-state index contributed by atoms with van der Waals surface area (Å²) in [5.41, 5.74) is 0.800. The number of halogens is 2. The van der Waals surface area contributed by atoms with Gasteiger partial charge in [-0.1, -0.05) is 35.7 Å². The number of hydrogen-bond donors (Lipinski definition) is 0. The van der Waals surface area contributed by atoms with E-state index in [1.165, 1.54) is 19.3 Å². The summed E-state index contributed by atoms with van der Waals surface area (Å²) in [4.78, 5) is 12.4. The maximum Gasteiger partial charge on any atom is 0.140 e. The van der Waals surface area contributed by atoms with Crippen LogP contribution in [0.1, 0.15) is 31.2 Å². The fourth-order valence-corrected chi connectivity index (χ4v) is 4.18. The summed E-state index contributed by atoms with van der Waals surface area (Å²) in [6, 6.07) is 5.42. The van der Waals surface area contributed by atoms with Gasteiger partial charge in [0.25, 0.3) is 0 Å². The summed E-state index contributed by atoms with van der Waals surface area (Å²) in [7, 11) is 0. The molecule has 0 spiro atoms. The van der Waals surface area contributed by atoms with E-state index < -0.39 is 0 Å². The fourth-order valence-electron chi connectivity index (χ4n) is 3.65. The molecule has 0 saturated heterocycles. The molecule has 1 nitrogen and oxygen atoms in total. The molecule has 0 heterocycles. The van der Waals surface area contributed by atoms with Crippen LogP contribution in [0.25, 0.3) is 0 Å². The number of Topliss-reactive ketones (excluding diaryl/α,β-unsaturated/α-hetero) is 1. The molecule has 2 bridgehead atoms. The zero-order valence-corrected chi connectivity index (χ0v) is 11.7. The largest absolute Gasteiger partial charge is 0.299 e. The molecule has 2 fully saturated rings. The summed E-state index contributed by atoms with van der Waals surface area (Å²) in [5.74, 6) is 2.02. The highest BCUT2D eigenvalue weighted by Crippen LogP contribution is 2.49. The van der Waals surface area contributed by atoms with E-state index in [9.17, 15) is 4.79 Å². The van der Waals surface area contributed by atoms with Gasteiger partial charge in [0.15, 0.2) is 0 Å². The van der Waals surface area contributed by atoms with Gasteiger partial charge < -0.3 is 0 Å². The van der Waals surface area contributed by atoms with E-state index in [0.717, 1.165) is 17.9 Å². The Kier molecular flexibility index (Phi) is 3.38. The number of rotatable bonds is 3. The Morgan fingerprint density at radius 3 is 2.44 bits per heavy atom. The predicted molar refractivity (Wildman–Crippen MR) is 74.1 cm³/mol. The lowest BCUT2D eigenvalue weighted by molar-refractivity contribution is -0.123. The Hall–Kier alpha value is -0.530. The van der Waals surface area contributed by atoms with Gasteiger partial charge in [0, 0.05) is 22.4 Å². The van der Waals surface area contributed by atoms with Crippen LogP contribution in [0.4, 0.5) is 0 Å². The molecule has 0 radical (unpaired) electrons. The lowest BCUT2D eigenvalue weighted by Gasteiger charge is -2.20. The zero-order valence-electron chi connectivity index (χ0n) is 10.2. The van der Waals surface area contributed by atoms with Crippen molar-refractivity contribution in [1.82, 2.24) is 0 Å². The van der Waals surface area contributed by atoms with Crippen molar-refractivity contribution in [3.8, 4) is 0 Å². The second-order valence-electron chi connectivity index (χ2n) is 5.62. The Labute approximate surface area is 117 Å². The molecule has 3 atom stereocenters. The molecule has 0 amide bonds. The van der Waals surface area contributed by atoms with Gasteiger partial charge in [0.2, 0.25) is 0 Å². The summed E-state index contributed by atoms with van der Waals surface area (Å²) < 4.78 is 0. The Morgan fingerprint density at radius 2 is 1.89 bits per heavy atom. The van der Waals surface area contributed by atoms with Crippen molar-refractivity contribution in [2.45, 2.75) is 32.1 Å². The minimum atomic E-state index is 0.260. The molecule has 0 aromatic heterocycles. The van der Waals surface area contributed by atoms with E-state index >= 15 is 0 Å². The van der Waals surface area contributed by atoms with E-state index in [4.69, 9.17) is 23.2 Å². The summed E-state index contributed by atoms with van der Waals surface area (Å²) in [6.07, 6.45) is 5.29. The smallest absolute Gasteiger partial charge is 0.140 e. The second kappa shape index (κ2) is 4.86. The van der Waals surface area contributed by atoms with Crippen molar-refractivity contribution in [2.75, 3.05) is 0 Å². The number of benzene rings is 1. The highest BCUT2D eigenvalue weighted by molar-refractivity contribution is 6.36. The van der Waals surface area contributed by atoms with Gasteiger partial charge in [-0.15, -0.1) is 0 Å². The molecule has 0 aliphatic heterocycles. The zero-order chi connectivity index (χ0) is 12.7. The first-order valence-electron chi connectivity index (χ1n) is 6.60. The third-order valence-corrected chi connectivity index (χ3v) is 5.27. The molecular weight excluding hydrogens is 267 g/mol. The van der Waals surface area contributed by atoms with Gasteiger partial charge in [-0.2, -0.15) is 0 Å². The number of ketones is 1. The van der Waals surface area contributed by atoms with Gasteiger partial charge in [-0.05, 0) is 48.8 Å². The first kappa shape index (κ1) is 12.5. The second-order valence-corrected chi connectivity index (χ2v) is 6.44. The van der Waals surface area contributed by atoms with Crippen LogP contribution < -0.4 is 0 Å². The molecular formula is C15H16Cl2O. The molecule has 1 aromatic carbocycles. The number of hydrogen-bond acceptors (Lipinski definition) is 1. The minimum absolute atomic E-state index is 0.260. The van der Waals surface area contributed by atoms with E-state index in [2.05, 4.69) is 0 Å². The SMILES string of the molecule is O=C(Cc1c(Cl)cccc1Cl)C1CC2CCC1C2. The lowest BCUT2D eigenvalue weighted by atomic mass is 9.83. The Morgan fingerprint density at radius 1 is 1.17 bits per heavy atom. The first-order chi connectivity index (χ1) is 8.65. The summed E-state index contributed by atoms with van der Waals surface area (Å²) >= 11 is 12.2. The number of carbonyl (C=O) groups is 1. The van der Waals surface area contributed by atoms with Crippen molar-refractivity contribution in [3.63, 3.8) is 0 Å². The van der Waals surface area contributed by atoms with E-state index in [-0.39, 0.29) is 5.92 Å². The summed E-state index contributed by atoms with van der Waals surface area (Å²) in [6.45, 7) is 0. The molecule has 2 aliphatic rings. The highest BCUT2D eigenvalue weighted by atomic mass is 35.5. The highest BCUT2D eigenvalue weighted by Gasteiger charge is 2.42. The van der Waals surface area contributed by atoms with Crippen molar-refractivity contribution >= 4 is 29.0 Å². The van der Waals surface area contributed by atoms with Gasteiger partial charge in [0.05, 0.1) is 0 Å². The molecule has 2 saturated carbocycles. The van der Waals surface area contributed by atoms with Gasteiger partial charge >= 0.3 is 0 Å². The third kappa shape index (κ3) is 2.19. The Balaban J connectivity index is 1.75. The molecule has 3 heteroatoms. The normalized spacial score (nSPS) is 29.8. The minimum Gasteiger partial charge on any atom is -0.299 e. The van der Waals surface area contributed by atoms with E-state index in [1.807, 2.05) is 6.07 Å². The van der Waals surface area contributed by atoms with Crippen molar-refractivity contribution in [1.29, 1.82) is 0 Å². The Bertz CT molecular complexity index is 463. The number of fused-ring (bicyclic) bond motifs is 2. The molecule has 18 heavy (non-hydrogen) atoms. The van der Waals surface area contributed by atoms with Crippen LogP contribution in [-0.4, -0.2) is 5.78 Å². The average molecular weight is 283 g/mol. The average Bonchev–Trinajstić information content (AvgIpc) is 2.96. The van der Waals surface area contributed by atoms with Crippen molar-refractivity contribution < 1.29 is 4.79 Å². The maximum atomic E-state index is 12.4. The molecule has 0 N–H and O–H groups in total. The topological polar surface area (TPSA) is 17.1 Å². The molecule has 3 unspecified atom stereocenters. The lowest BCUT2D eigenvalue weighted by Crippen LogP contribution is -2.22. The molecule has 1 aromatic rings. The predicted octanol–water partition coefficient (Wildman–Crippen LogP) is 4.54. The third-order valence-electron chi connectivity index (χ3n) is 4.56. The van der Waals surface area contributed by atoms with Crippen LogP contribution >= 0.6 is 23.2 Å². The van der Waals surface area contributed by atoms with Crippen molar-refractivity contribution in [3.05, 3.63) is 33.8 Å². The van der Waals surface area contributed by atoms with Crippen LogP contribution in [-0.2, 0) is 11.2 Å². The van der Waals surface area contributed by atoms with Crippen LogP contribution in [0.3, 0.4) is 0 Å². The summed E-state index contributed by atoms with van der Waals surface area (Å²) in [5, 5.41) is 1.22. The van der Waals surface area contributed by atoms with Gasteiger partial charge in [0.1, 0.15) is 5.78 Å². The molecule has 3 rings (SSSR count). The van der Waals surface area contributed by atoms with Crippen LogP contribution in [0, 0.1) is 17.8 Å². The van der Waals surface area contributed by atoms with Crippen LogP contribution in [0.15, 0.2) is 18.2 Å². The quantitative estimate of drug-likeness (QED) is 0.795. The van der Waals surface area contributed by atoms with Crippen LogP contribution in [0.5, 0.6) is 0 Å². The van der Waals surface area contributed by atoms with Gasteiger partial charge in [-0.3, -0.25) is 4.79 Å². The van der Waals surface area contributed by atoms with Crippen molar-refractivity contribution in [2.24, 2.45) is 17.8 Å². The maximum absolute atomic E-state index is 12.4. The number of carbonyl (C=O) groups excluding carboxylic acids is 1. The molecule has 96 valence electrons. The van der Waals surface area contributed by atoms with Gasteiger partial charge in [-0.25, -0.2) is 0 Å². The van der Waals surface area contributed by atoms with Crippen LogP contribution in [0.2, 0.25) is 10.0 Å².